The van der Waals surface area contributed by atoms with Crippen molar-refractivity contribution in [3.8, 4) is 11.6 Å². The van der Waals surface area contributed by atoms with E-state index in [0.717, 1.165) is 0 Å². The normalized spacial score (nSPS) is 12.2. The van der Waals surface area contributed by atoms with Crippen LogP contribution < -0.4 is 15.5 Å². The van der Waals surface area contributed by atoms with Crippen LogP contribution in [0.3, 0.4) is 0 Å². The monoisotopic (exact) mass is 423 g/mol. The van der Waals surface area contributed by atoms with Gasteiger partial charge in [-0.3, -0.25) is 4.79 Å². The molecule has 0 saturated carbocycles. The molecule has 2 aromatic heterocycles. The van der Waals surface area contributed by atoms with Gasteiger partial charge in [-0.15, -0.1) is 0 Å². The SMILES string of the molecule is CNc1cc2c(c(OCC(O)CO)n1)c(=O)cc(C)n2-c1c(Cl)cccc1Cl. The average molecular weight is 424 g/mol. The zero-order valence-corrected chi connectivity index (χ0v) is 16.8. The standard InChI is InChI=1S/C19H19Cl2N3O4/c1-10-6-15(27)17-14(24(10)18-12(20)4-3-5-13(18)21)7-16(22-2)23-19(17)28-9-11(26)8-25/h3-7,11,25-26H,8-9H2,1-2H3,(H,22,23). The quantitative estimate of drug-likeness (QED) is 0.563. The molecule has 1 unspecified atom stereocenters. The van der Waals surface area contributed by atoms with Crippen LogP contribution >= 0.6 is 23.2 Å². The number of aliphatic hydroxyl groups excluding tert-OH is 2. The number of benzene rings is 1. The number of halogens is 2. The third-order valence-corrected chi connectivity index (χ3v) is 4.80. The van der Waals surface area contributed by atoms with E-state index in [1.165, 1.54) is 6.07 Å². The summed E-state index contributed by atoms with van der Waals surface area (Å²) in [6, 6.07) is 8.29. The molecular formula is C19H19Cl2N3O4. The molecule has 0 saturated heterocycles. The van der Waals surface area contributed by atoms with Crippen LogP contribution in [0, 0.1) is 6.92 Å². The molecule has 2 heterocycles. The first-order valence-corrected chi connectivity index (χ1v) is 9.24. The van der Waals surface area contributed by atoms with Crippen LogP contribution in [0.2, 0.25) is 10.0 Å². The van der Waals surface area contributed by atoms with Crippen molar-refractivity contribution < 1.29 is 14.9 Å². The number of ether oxygens (including phenoxy) is 1. The van der Waals surface area contributed by atoms with Gasteiger partial charge in [-0.1, -0.05) is 29.3 Å². The number of pyridine rings is 2. The highest BCUT2D eigenvalue weighted by atomic mass is 35.5. The van der Waals surface area contributed by atoms with E-state index < -0.39 is 12.7 Å². The van der Waals surface area contributed by atoms with Gasteiger partial charge in [0.2, 0.25) is 5.88 Å². The zero-order chi connectivity index (χ0) is 20.4. The number of para-hydroxylation sites is 1. The number of aliphatic hydroxyl groups is 2. The molecule has 3 rings (SSSR count). The minimum absolute atomic E-state index is 0.0382. The van der Waals surface area contributed by atoms with Gasteiger partial charge in [0, 0.05) is 24.9 Å². The zero-order valence-electron chi connectivity index (χ0n) is 15.2. The second-order valence-corrected chi connectivity index (χ2v) is 6.97. The Morgan fingerprint density at radius 2 is 1.96 bits per heavy atom. The van der Waals surface area contributed by atoms with Crippen LogP contribution in [0.15, 0.2) is 35.1 Å². The van der Waals surface area contributed by atoms with Crippen molar-refractivity contribution >= 4 is 39.9 Å². The fourth-order valence-corrected chi connectivity index (χ4v) is 3.46. The van der Waals surface area contributed by atoms with Crippen molar-refractivity contribution in [1.82, 2.24) is 9.55 Å². The van der Waals surface area contributed by atoms with Gasteiger partial charge in [0.05, 0.1) is 27.9 Å². The van der Waals surface area contributed by atoms with Crippen molar-refractivity contribution in [2.75, 3.05) is 25.6 Å². The number of aryl methyl sites for hydroxylation is 1. The Morgan fingerprint density at radius 3 is 2.57 bits per heavy atom. The number of anilines is 1. The predicted molar refractivity (Wildman–Crippen MR) is 110 cm³/mol. The van der Waals surface area contributed by atoms with Crippen LogP contribution in [-0.2, 0) is 0 Å². The molecule has 0 spiro atoms. The summed E-state index contributed by atoms with van der Waals surface area (Å²) in [4.78, 5) is 17.0. The first-order chi connectivity index (χ1) is 13.4. The maximum atomic E-state index is 12.8. The summed E-state index contributed by atoms with van der Waals surface area (Å²) < 4.78 is 7.31. The van der Waals surface area contributed by atoms with Crippen molar-refractivity contribution in [1.29, 1.82) is 0 Å². The van der Waals surface area contributed by atoms with E-state index in [1.807, 2.05) is 0 Å². The Labute approximate surface area is 171 Å². The summed E-state index contributed by atoms with van der Waals surface area (Å²) in [5, 5.41) is 22.6. The number of nitrogens with one attached hydrogen (secondary N) is 1. The highest BCUT2D eigenvalue weighted by Crippen LogP contribution is 2.34. The summed E-state index contributed by atoms with van der Waals surface area (Å²) in [5.41, 5.74) is 1.36. The number of nitrogens with zero attached hydrogens (tertiary/aromatic N) is 2. The summed E-state index contributed by atoms with van der Waals surface area (Å²) in [5.74, 6) is 0.485. The van der Waals surface area contributed by atoms with Crippen molar-refractivity contribution in [2.24, 2.45) is 0 Å². The molecule has 0 aliphatic heterocycles. The third kappa shape index (κ3) is 3.79. The Kier molecular flexibility index (Phi) is 6.10. The second kappa shape index (κ2) is 8.36. The van der Waals surface area contributed by atoms with Gasteiger partial charge < -0.3 is 24.8 Å². The molecule has 9 heteroatoms. The second-order valence-electron chi connectivity index (χ2n) is 6.16. The van der Waals surface area contributed by atoms with Crippen LogP contribution in [0.25, 0.3) is 16.6 Å². The average Bonchev–Trinajstić information content (AvgIpc) is 2.67. The lowest BCUT2D eigenvalue weighted by Gasteiger charge is -2.19. The number of fused-ring (bicyclic) bond motifs is 1. The van der Waals surface area contributed by atoms with Crippen molar-refractivity contribution in [3.05, 3.63) is 56.3 Å². The number of rotatable bonds is 6. The molecule has 28 heavy (non-hydrogen) atoms. The van der Waals surface area contributed by atoms with E-state index in [4.69, 9.17) is 33.0 Å². The first-order valence-electron chi connectivity index (χ1n) is 8.48. The topological polar surface area (TPSA) is 96.6 Å². The van der Waals surface area contributed by atoms with E-state index in [2.05, 4.69) is 10.3 Å². The van der Waals surface area contributed by atoms with Crippen LogP contribution in [-0.4, -0.2) is 46.1 Å². The maximum Gasteiger partial charge on any atom is 0.229 e. The smallest absolute Gasteiger partial charge is 0.229 e. The Bertz CT molecular complexity index is 1060. The lowest BCUT2D eigenvalue weighted by Crippen LogP contribution is -2.22. The summed E-state index contributed by atoms with van der Waals surface area (Å²) in [6.07, 6.45) is -1.10. The fraction of sp³-hybridized carbons (Fsp3) is 0.263. The number of aromatic nitrogens is 2. The highest BCUT2D eigenvalue weighted by molar-refractivity contribution is 6.37. The third-order valence-electron chi connectivity index (χ3n) is 4.19. The van der Waals surface area contributed by atoms with E-state index in [-0.39, 0.29) is 23.3 Å². The van der Waals surface area contributed by atoms with Crippen LogP contribution in [0.4, 0.5) is 5.82 Å². The van der Waals surface area contributed by atoms with Gasteiger partial charge in [-0.25, -0.2) is 0 Å². The maximum absolute atomic E-state index is 12.8. The van der Waals surface area contributed by atoms with Gasteiger partial charge in [0.15, 0.2) is 5.43 Å². The molecule has 0 fully saturated rings. The largest absolute Gasteiger partial charge is 0.474 e. The molecule has 0 radical (unpaired) electrons. The van der Waals surface area contributed by atoms with E-state index in [9.17, 15) is 9.90 Å². The van der Waals surface area contributed by atoms with Gasteiger partial charge in [0.1, 0.15) is 23.9 Å². The Hall–Kier alpha value is -2.32. The minimum Gasteiger partial charge on any atom is -0.474 e. The lowest BCUT2D eigenvalue weighted by atomic mass is 10.2. The van der Waals surface area contributed by atoms with E-state index in [1.54, 1.807) is 42.8 Å². The number of hydrogen-bond donors (Lipinski definition) is 3. The van der Waals surface area contributed by atoms with Gasteiger partial charge in [-0.05, 0) is 19.1 Å². The Morgan fingerprint density at radius 1 is 1.29 bits per heavy atom. The van der Waals surface area contributed by atoms with E-state index >= 15 is 0 Å². The molecule has 1 atom stereocenters. The highest BCUT2D eigenvalue weighted by Gasteiger charge is 2.19. The van der Waals surface area contributed by atoms with Crippen LogP contribution in [0.1, 0.15) is 5.69 Å². The first kappa shape index (κ1) is 20.4. The summed E-state index contributed by atoms with van der Waals surface area (Å²) in [6.45, 7) is 1.09. The molecular weight excluding hydrogens is 405 g/mol. The fourth-order valence-electron chi connectivity index (χ4n) is 2.89. The molecule has 0 amide bonds. The molecule has 3 aromatic rings. The molecule has 3 N–H and O–H groups in total. The van der Waals surface area contributed by atoms with E-state index in [0.29, 0.717) is 32.8 Å². The molecule has 0 bridgehead atoms. The Balaban J connectivity index is 2.36. The number of hydrogen-bond acceptors (Lipinski definition) is 6. The molecule has 0 aliphatic carbocycles. The van der Waals surface area contributed by atoms with Crippen LogP contribution in [0.5, 0.6) is 5.88 Å². The molecule has 1 aromatic carbocycles. The van der Waals surface area contributed by atoms with Gasteiger partial charge in [-0.2, -0.15) is 4.98 Å². The minimum atomic E-state index is -1.10. The summed E-state index contributed by atoms with van der Waals surface area (Å²) in [7, 11) is 1.68. The molecule has 7 nitrogen and oxygen atoms in total. The molecule has 148 valence electrons. The predicted octanol–water partition coefficient (Wildman–Crippen LogP) is 2.77. The molecule has 0 aliphatic rings. The summed E-state index contributed by atoms with van der Waals surface area (Å²) >= 11 is 12.8. The lowest BCUT2D eigenvalue weighted by molar-refractivity contribution is 0.0527. The van der Waals surface area contributed by atoms with Gasteiger partial charge in [0.25, 0.3) is 0 Å². The van der Waals surface area contributed by atoms with Crippen molar-refractivity contribution in [3.63, 3.8) is 0 Å². The van der Waals surface area contributed by atoms with Gasteiger partial charge >= 0.3 is 0 Å². The van der Waals surface area contributed by atoms with Crippen molar-refractivity contribution in [2.45, 2.75) is 13.0 Å².